The fourth-order valence-electron chi connectivity index (χ4n) is 3.41. The van der Waals surface area contributed by atoms with Gasteiger partial charge in [-0.3, -0.25) is 5.43 Å². The zero-order valence-corrected chi connectivity index (χ0v) is 21.1. The van der Waals surface area contributed by atoms with Gasteiger partial charge in [0.05, 0.1) is 25.1 Å². The summed E-state index contributed by atoms with van der Waals surface area (Å²) in [5.41, 5.74) is 5.99. The van der Waals surface area contributed by atoms with E-state index in [2.05, 4.69) is 30.7 Å². The number of alkyl halides is 3. The van der Waals surface area contributed by atoms with Crippen LogP contribution in [0.2, 0.25) is 0 Å². The van der Waals surface area contributed by atoms with Crippen LogP contribution in [0.5, 0.6) is 11.5 Å². The molecular formula is C26H23F3N6O2S. The van der Waals surface area contributed by atoms with Gasteiger partial charge >= 0.3 is 6.36 Å². The van der Waals surface area contributed by atoms with Gasteiger partial charge < -0.3 is 14.8 Å². The lowest BCUT2D eigenvalue weighted by atomic mass is 10.1. The lowest BCUT2D eigenvalue weighted by Gasteiger charge is -2.16. The predicted octanol–water partition coefficient (Wildman–Crippen LogP) is 5.40. The van der Waals surface area contributed by atoms with Crippen molar-refractivity contribution in [1.29, 1.82) is 0 Å². The Bertz CT molecular complexity index is 1390. The molecular weight excluding hydrogens is 517 g/mol. The molecule has 2 N–H and O–H groups in total. The monoisotopic (exact) mass is 540 g/mol. The number of nitrogens with zero attached hydrogens (tertiary/aromatic N) is 4. The smallest absolute Gasteiger partial charge is 0.497 e. The minimum absolute atomic E-state index is 0.0196. The molecule has 0 amide bonds. The number of hydrazone groups is 1. The highest BCUT2D eigenvalue weighted by Gasteiger charge is 2.31. The van der Waals surface area contributed by atoms with Gasteiger partial charge in [0.1, 0.15) is 17.8 Å². The summed E-state index contributed by atoms with van der Waals surface area (Å²) in [7, 11) is 1.62. The van der Waals surface area contributed by atoms with Gasteiger partial charge in [-0.25, -0.2) is 9.67 Å². The first-order valence-corrected chi connectivity index (χ1v) is 11.7. The third kappa shape index (κ3) is 7.29. The van der Waals surface area contributed by atoms with Crippen LogP contribution in [0.4, 0.5) is 13.2 Å². The van der Waals surface area contributed by atoms with E-state index in [1.165, 1.54) is 35.3 Å². The molecule has 0 saturated carbocycles. The molecule has 8 nitrogen and oxygen atoms in total. The minimum Gasteiger partial charge on any atom is -0.497 e. The van der Waals surface area contributed by atoms with Crippen LogP contribution in [-0.4, -0.2) is 39.6 Å². The molecule has 196 valence electrons. The van der Waals surface area contributed by atoms with Gasteiger partial charge in [0.25, 0.3) is 0 Å². The topological polar surface area (TPSA) is 85.6 Å². The number of hydrogen-bond donors (Lipinski definition) is 2. The largest absolute Gasteiger partial charge is 0.573 e. The van der Waals surface area contributed by atoms with E-state index in [0.29, 0.717) is 16.6 Å². The second-order valence-corrected chi connectivity index (χ2v) is 8.42. The summed E-state index contributed by atoms with van der Waals surface area (Å²) in [5.74, 6) is 0.936. The van der Waals surface area contributed by atoms with E-state index in [-0.39, 0.29) is 11.8 Å². The van der Waals surface area contributed by atoms with Crippen LogP contribution in [0.1, 0.15) is 24.1 Å². The van der Waals surface area contributed by atoms with Crippen LogP contribution in [0.25, 0.3) is 17.1 Å². The third-order valence-electron chi connectivity index (χ3n) is 5.34. The maximum absolute atomic E-state index is 12.3. The van der Waals surface area contributed by atoms with Gasteiger partial charge in [-0.15, -0.1) is 18.3 Å². The maximum Gasteiger partial charge on any atom is 0.573 e. The zero-order chi connectivity index (χ0) is 27.1. The van der Waals surface area contributed by atoms with E-state index in [1.807, 2.05) is 55.5 Å². The quantitative estimate of drug-likeness (QED) is 0.176. The van der Waals surface area contributed by atoms with Crippen LogP contribution in [-0.2, 0) is 0 Å². The Morgan fingerprint density at radius 3 is 2.29 bits per heavy atom. The van der Waals surface area contributed by atoms with Crippen LogP contribution in [0.15, 0.2) is 84.2 Å². The third-order valence-corrected chi connectivity index (χ3v) is 5.55. The van der Waals surface area contributed by atoms with Gasteiger partial charge in [0.15, 0.2) is 10.9 Å². The summed E-state index contributed by atoms with van der Waals surface area (Å²) < 4.78 is 47.5. The first-order chi connectivity index (χ1) is 18.2. The lowest BCUT2D eigenvalue weighted by Crippen LogP contribution is -2.34. The van der Waals surface area contributed by atoms with Crippen molar-refractivity contribution in [2.24, 2.45) is 5.10 Å². The molecule has 4 aromatic rings. The van der Waals surface area contributed by atoms with Crippen molar-refractivity contribution in [1.82, 2.24) is 25.5 Å². The van der Waals surface area contributed by atoms with Gasteiger partial charge in [0, 0.05) is 5.56 Å². The Labute approximate surface area is 222 Å². The maximum atomic E-state index is 12.3. The molecule has 0 spiro atoms. The molecule has 3 aromatic carbocycles. The summed E-state index contributed by atoms with van der Waals surface area (Å²) in [4.78, 5) is 4.28. The molecule has 12 heteroatoms. The molecule has 0 unspecified atom stereocenters. The summed E-state index contributed by atoms with van der Waals surface area (Å²) in [5, 5.41) is 12.1. The fourth-order valence-corrected chi connectivity index (χ4v) is 3.64. The summed E-state index contributed by atoms with van der Waals surface area (Å²) in [6, 6.07) is 20.4. The van der Waals surface area contributed by atoms with E-state index in [4.69, 9.17) is 17.0 Å². The number of rotatable bonds is 8. The molecule has 1 aromatic heterocycles. The number of thiocarbonyl (C=S) groups is 1. The summed E-state index contributed by atoms with van der Waals surface area (Å²) in [6.45, 7) is 1.99. The van der Waals surface area contributed by atoms with Crippen LogP contribution in [0, 0.1) is 0 Å². The number of ether oxygens (including phenoxy) is 2. The van der Waals surface area contributed by atoms with Crippen molar-refractivity contribution >= 4 is 23.5 Å². The van der Waals surface area contributed by atoms with Crippen LogP contribution < -0.4 is 20.2 Å². The van der Waals surface area contributed by atoms with Crippen molar-refractivity contribution in [3.63, 3.8) is 0 Å². The molecule has 0 aliphatic rings. The van der Waals surface area contributed by atoms with Crippen molar-refractivity contribution in [3.8, 4) is 28.6 Å². The second kappa shape index (κ2) is 11.7. The molecule has 0 fully saturated rings. The number of aromatic nitrogens is 3. The van der Waals surface area contributed by atoms with Gasteiger partial charge in [-0.2, -0.15) is 5.10 Å². The van der Waals surface area contributed by atoms with Gasteiger partial charge in [-0.1, -0.05) is 36.4 Å². The number of methoxy groups -OCH3 is 1. The SMILES string of the molecule is COc1ccc([C@@H](C)NC(=S)NN=Cc2ccc(-c3ncn(-c4ccc(OC(F)(F)F)cc4)n3)cc2)cc1. The summed E-state index contributed by atoms with van der Waals surface area (Å²) in [6.07, 6.45) is -1.63. The molecule has 1 heterocycles. The van der Waals surface area contributed by atoms with Gasteiger partial charge in [-0.05, 0) is 66.7 Å². The number of nitrogens with one attached hydrogen (secondary N) is 2. The van der Waals surface area contributed by atoms with Crippen LogP contribution in [0.3, 0.4) is 0 Å². The van der Waals surface area contributed by atoms with E-state index < -0.39 is 6.36 Å². The highest BCUT2D eigenvalue weighted by atomic mass is 32.1. The van der Waals surface area contributed by atoms with E-state index in [1.54, 1.807) is 13.3 Å². The standard InChI is InChI=1S/C26H23F3N6O2S/c1-17(19-7-11-22(36-2)12-8-19)32-25(38)33-31-15-18-3-5-20(6-4-18)24-30-16-35(34-24)21-9-13-23(14-10-21)37-26(27,28)29/h3-17H,1-2H3,(H2,32,33,38)/t17-/m1/s1. The Kier molecular flexibility index (Phi) is 8.22. The van der Waals surface area contributed by atoms with Crippen molar-refractivity contribution in [2.75, 3.05) is 7.11 Å². The highest BCUT2D eigenvalue weighted by Crippen LogP contribution is 2.24. The second-order valence-electron chi connectivity index (χ2n) is 8.01. The Morgan fingerprint density at radius 2 is 1.66 bits per heavy atom. The molecule has 0 radical (unpaired) electrons. The molecule has 0 aliphatic heterocycles. The Hall–Kier alpha value is -4.45. The first kappa shape index (κ1) is 26.6. The van der Waals surface area contributed by atoms with Crippen molar-refractivity contribution < 1.29 is 22.6 Å². The van der Waals surface area contributed by atoms with E-state index >= 15 is 0 Å². The molecule has 0 bridgehead atoms. The molecule has 1 atom stereocenters. The van der Waals surface area contributed by atoms with E-state index in [9.17, 15) is 13.2 Å². The lowest BCUT2D eigenvalue weighted by molar-refractivity contribution is -0.274. The average molecular weight is 541 g/mol. The van der Waals surface area contributed by atoms with Gasteiger partial charge in [0.2, 0.25) is 0 Å². The number of halogens is 3. The van der Waals surface area contributed by atoms with Crippen LogP contribution >= 0.6 is 12.2 Å². The summed E-state index contributed by atoms with van der Waals surface area (Å²) >= 11 is 5.32. The van der Waals surface area contributed by atoms with E-state index in [0.717, 1.165) is 22.4 Å². The first-order valence-electron chi connectivity index (χ1n) is 11.3. The number of hydrogen-bond acceptors (Lipinski definition) is 6. The Balaban J connectivity index is 1.31. The average Bonchev–Trinajstić information content (AvgIpc) is 3.39. The molecule has 4 rings (SSSR count). The van der Waals surface area contributed by atoms with Crippen molar-refractivity contribution in [3.05, 3.63) is 90.3 Å². The zero-order valence-electron chi connectivity index (χ0n) is 20.3. The fraction of sp³-hybridized carbons (Fsp3) is 0.154. The highest BCUT2D eigenvalue weighted by molar-refractivity contribution is 7.80. The Morgan fingerprint density at radius 1 is 1.00 bits per heavy atom. The number of benzene rings is 3. The molecule has 0 aliphatic carbocycles. The normalized spacial score (nSPS) is 12.2. The minimum atomic E-state index is -4.74. The molecule has 0 saturated heterocycles. The predicted molar refractivity (Wildman–Crippen MR) is 141 cm³/mol. The van der Waals surface area contributed by atoms with Crippen molar-refractivity contribution in [2.45, 2.75) is 19.3 Å². The molecule has 38 heavy (non-hydrogen) atoms.